The molecule has 0 radical (unpaired) electrons. The van der Waals surface area contributed by atoms with Crippen LogP contribution in [0, 0.1) is 0 Å². The summed E-state index contributed by atoms with van der Waals surface area (Å²) in [6.45, 7) is 0. The predicted molar refractivity (Wildman–Crippen MR) is 77.4 cm³/mol. The molecular weight excluding hydrogens is 262 g/mol. The molecule has 0 aliphatic heterocycles. The van der Waals surface area contributed by atoms with Gasteiger partial charge in [0.15, 0.2) is 0 Å². The van der Waals surface area contributed by atoms with Crippen LogP contribution < -0.4 is 11.2 Å². The van der Waals surface area contributed by atoms with Crippen molar-refractivity contribution in [1.29, 1.82) is 0 Å². The highest BCUT2D eigenvalue weighted by Crippen LogP contribution is 2.12. The molecule has 0 heterocycles. The summed E-state index contributed by atoms with van der Waals surface area (Å²) in [5, 5.41) is 4.43. The minimum atomic E-state index is -0.324. The van der Waals surface area contributed by atoms with E-state index in [0.717, 1.165) is 5.56 Å². The minimum absolute atomic E-state index is 0.324. The molecule has 0 aliphatic rings. The van der Waals surface area contributed by atoms with Crippen LogP contribution in [0.5, 0.6) is 0 Å². The van der Waals surface area contributed by atoms with Gasteiger partial charge in [-0.25, -0.2) is 5.43 Å². The van der Waals surface area contributed by atoms with E-state index in [1.54, 1.807) is 36.4 Å². The first-order valence-corrected chi connectivity index (χ1v) is 5.98. The molecule has 0 spiro atoms. The maximum absolute atomic E-state index is 11.8. The van der Waals surface area contributed by atoms with E-state index in [0.29, 0.717) is 16.3 Å². The molecule has 0 aromatic heterocycles. The molecule has 0 saturated heterocycles. The lowest BCUT2D eigenvalue weighted by atomic mass is 10.2. The van der Waals surface area contributed by atoms with Crippen molar-refractivity contribution in [3.8, 4) is 0 Å². The molecule has 0 bridgehead atoms. The van der Waals surface area contributed by atoms with Crippen molar-refractivity contribution in [1.82, 2.24) is 5.43 Å². The lowest BCUT2D eigenvalue weighted by Crippen LogP contribution is -2.17. The van der Waals surface area contributed by atoms with E-state index in [2.05, 4.69) is 10.5 Å². The van der Waals surface area contributed by atoms with Gasteiger partial charge in [0.25, 0.3) is 5.91 Å². The number of anilines is 1. The number of carbonyl (C=O) groups is 1. The number of hydrazone groups is 1. The Morgan fingerprint density at radius 3 is 2.74 bits per heavy atom. The molecule has 3 N–H and O–H groups in total. The number of hydrogen-bond donors (Lipinski definition) is 2. The van der Waals surface area contributed by atoms with Crippen LogP contribution in [0.25, 0.3) is 0 Å². The Bertz CT molecular complexity index is 626. The maximum Gasteiger partial charge on any atom is 0.271 e. The highest BCUT2D eigenvalue weighted by molar-refractivity contribution is 6.33. The SMILES string of the molecule is Nc1cccc(C(=O)N/N=C/c2ccccc2Cl)c1. The van der Waals surface area contributed by atoms with Crippen molar-refractivity contribution in [3.05, 3.63) is 64.7 Å². The fourth-order valence-electron chi connectivity index (χ4n) is 1.48. The Kier molecular flexibility index (Phi) is 4.15. The molecule has 19 heavy (non-hydrogen) atoms. The van der Waals surface area contributed by atoms with Crippen molar-refractivity contribution in [2.24, 2.45) is 5.10 Å². The van der Waals surface area contributed by atoms with E-state index in [1.165, 1.54) is 6.21 Å². The van der Waals surface area contributed by atoms with E-state index >= 15 is 0 Å². The summed E-state index contributed by atoms with van der Waals surface area (Å²) in [5.41, 5.74) is 9.74. The largest absolute Gasteiger partial charge is 0.399 e. The lowest BCUT2D eigenvalue weighted by molar-refractivity contribution is 0.0955. The number of benzene rings is 2. The molecule has 0 aliphatic carbocycles. The number of nitrogen functional groups attached to an aromatic ring is 1. The average Bonchev–Trinajstić information content (AvgIpc) is 2.41. The number of hydrogen-bond acceptors (Lipinski definition) is 3. The van der Waals surface area contributed by atoms with Crippen LogP contribution >= 0.6 is 11.6 Å². The van der Waals surface area contributed by atoms with E-state index < -0.39 is 0 Å². The van der Waals surface area contributed by atoms with Gasteiger partial charge in [-0.1, -0.05) is 35.9 Å². The Hall–Kier alpha value is -2.33. The van der Waals surface area contributed by atoms with E-state index in [1.807, 2.05) is 12.1 Å². The number of nitrogens with two attached hydrogens (primary N) is 1. The van der Waals surface area contributed by atoms with Crippen molar-refractivity contribution in [2.45, 2.75) is 0 Å². The fraction of sp³-hybridized carbons (Fsp3) is 0. The lowest BCUT2D eigenvalue weighted by Gasteiger charge is -2.01. The number of nitrogens with zero attached hydrogens (tertiary/aromatic N) is 1. The summed E-state index contributed by atoms with van der Waals surface area (Å²) in [5.74, 6) is -0.324. The third-order valence-corrected chi connectivity index (χ3v) is 2.77. The Morgan fingerprint density at radius 1 is 1.21 bits per heavy atom. The average molecular weight is 274 g/mol. The molecule has 5 heteroatoms. The molecule has 2 aromatic carbocycles. The zero-order valence-electron chi connectivity index (χ0n) is 10.0. The van der Waals surface area contributed by atoms with E-state index in [-0.39, 0.29) is 5.91 Å². The molecule has 2 rings (SSSR count). The van der Waals surface area contributed by atoms with Gasteiger partial charge in [0.2, 0.25) is 0 Å². The third kappa shape index (κ3) is 3.56. The maximum atomic E-state index is 11.8. The second-order valence-electron chi connectivity index (χ2n) is 3.85. The van der Waals surface area contributed by atoms with Crippen LogP contribution in [0.3, 0.4) is 0 Å². The van der Waals surface area contributed by atoms with Crippen LogP contribution in [-0.4, -0.2) is 12.1 Å². The topological polar surface area (TPSA) is 67.5 Å². The van der Waals surface area contributed by atoms with Gasteiger partial charge in [-0.2, -0.15) is 5.10 Å². The van der Waals surface area contributed by atoms with Gasteiger partial charge in [-0.05, 0) is 24.3 Å². The zero-order valence-corrected chi connectivity index (χ0v) is 10.8. The number of amides is 1. The molecule has 96 valence electrons. The van der Waals surface area contributed by atoms with Gasteiger partial charge in [0, 0.05) is 21.8 Å². The van der Waals surface area contributed by atoms with Crippen LogP contribution in [0.2, 0.25) is 5.02 Å². The Labute approximate surface area is 115 Å². The number of halogens is 1. The summed E-state index contributed by atoms with van der Waals surface area (Å²) in [7, 11) is 0. The predicted octanol–water partition coefficient (Wildman–Crippen LogP) is 2.69. The van der Waals surface area contributed by atoms with Crippen LogP contribution in [-0.2, 0) is 0 Å². The van der Waals surface area contributed by atoms with Crippen LogP contribution in [0.4, 0.5) is 5.69 Å². The van der Waals surface area contributed by atoms with Crippen LogP contribution in [0.15, 0.2) is 53.6 Å². The van der Waals surface area contributed by atoms with E-state index in [4.69, 9.17) is 17.3 Å². The highest BCUT2D eigenvalue weighted by atomic mass is 35.5. The van der Waals surface area contributed by atoms with Gasteiger partial charge >= 0.3 is 0 Å². The normalized spacial score (nSPS) is 10.6. The number of rotatable bonds is 3. The summed E-state index contributed by atoms with van der Waals surface area (Å²) >= 11 is 5.96. The molecule has 0 fully saturated rings. The summed E-state index contributed by atoms with van der Waals surface area (Å²) in [4.78, 5) is 11.8. The fourth-order valence-corrected chi connectivity index (χ4v) is 1.67. The van der Waals surface area contributed by atoms with Gasteiger partial charge in [0.05, 0.1) is 6.21 Å². The van der Waals surface area contributed by atoms with Crippen LogP contribution in [0.1, 0.15) is 15.9 Å². The van der Waals surface area contributed by atoms with Crippen molar-refractivity contribution >= 4 is 29.4 Å². The third-order valence-electron chi connectivity index (χ3n) is 2.42. The zero-order chi connectivity index (χ0) is 13.7. The molecule has 0 atom stereocenters. The molecule has 1 amide bonds. The van der Waals surface area contributed by atoms with Gasteiger partial charge < -0.3 is 5.73 Å². The van der Waals surface area contributed by atoms with Gasteiger partial charge in [0.1, 0.15) is 0 Å². The molecule has 4 nitrogen and oxygen atoms in total. The van der Waals surface area contributed by atoms with Gasteiger partial charge in [-0.3, -0.25) is 4.79 Å². The minimum Gasteiger partial charge on any atom is -0.399 e. The molecule has 2 aromatic rings. The monoisotopic (exact) mass is 273 g/mol. The first-order chi connectivity index (χ1) is 9.16. The summed E-state index contributed by atoms with van der Waals surface area (Å²) in [6, 6.07) is 13.9. The molecule has 0 saturated carbocycles. The Morgan fingerprint density at radius 2 is 2.00 bits per heavy atom. The second kappa shape index (κ2) is 6.02. The smallest absolute Gasteiger partial charge is 0.271 e. The quantitative estimate of drug-likeness (QED) is 0.513. The first kappa shape index (κ1) is 13.1. The Balaban J connectivity index is 2.03. The number of nitrogens with one attached hydrogen (secondary N) is 1. The first-order valence-electron chi connectivity index (χ1n) is 5.60. The molecule has 0 unspecified atom stereocenters. The van der Waals surface area contributed by atoms with E-state index in [9.17, 15) is 4.79 Å². The second-order valence-corrected chi connectivity index (χ2v) is 4.25. The van der Waals surface area contributed by atoms with Gasteiger partial charge in [-0.15, -0.1) is 0 Å². The standard InChI is InChI=1S/C14H12ClN3O/c15-13-7-2-1-4-11(13)9-17-18-14(19)10-5-3-6-12(16)8-10/h1-9H,16H2,(H,18,19)/b17-9+. The summed E-state index contributed by atoms with van der Waals surface area (Å²) in [6.07, 6.45) is 1.49. The van der Waals surface area contributed by atoms with Crippen molar-refractivity contribution < 1.29 is 4.79 Å². The molecular formula is C14H12ClN3O. The van der Waals surface area contributed by atoms with Crippen molar-refractivity contribution in [2.75, 3.05) is 5.73 Å². The summed E-state index contributed by atoms with van der Waals surface area (Å²) < 4.78 is 0. The highest BCUT2D eigenvalue weighted by Gasteiger charge is 2.03. The number of carbonyl (C=O) groups excluding carboxylic acids is 1. The van der Waals surface area contributed by atoms with Crippen molar-refractivity contribution in [3.63, 3.8) is 0 Å².